The van der Waals surface area contributed by atoms with Crippen molar-refractivity contribution in [2.75, 3.05) is 50.7 Å². The van der Waals surface area contributed by atoms with Crippen LogP contribution in [-0.4, -0.2) is 69.3 Å². The van der Waals surface area contributed by atoms with Crippen molar-refractivity contribution in [3.63, 3.8) is 0 Å². The van der Waals surface area contributed by atoms with Crippen molar-refractivity contribution in [1.82, 2.24) is 14.5 Å². The molecule has 0 bridgehead atoms. The van der Waals surface area contributed by atoms with E-state index in [-0.39, 0.29) is 16.8 Å². The Bertz CT molecular complexity index is 1050. The fourth-order valence-electron chi connectivity index (χ4n) is 5.03. The van der Waals surface area contributed by atoms with Crippen LogP contribution in [0.5, 0.6) is 0 Å². The van der Waals surface area contributed by atoms with E-state index in [4.69, 9.17) is 4.42 Å². The fourth-order valence-corrected chi connectivity index (χ4v) is 6.52. The molecule has 0 spiro atoms. The van der Waals surface area contributed by atoms with Gasteiger partial charge in [0.25, 0.3) is 5.91 Å². The number of amides is 1. The van der Waals surface area contributed by atoms with Gasteiger partial charge >= 0.3 is 0 Å². The third-order valence-corrected chi connectivity index (χ3v) is 8.96. The van der Waals surface area contributed by atoms with Gasteiger partial charge in [-0.25, -0.2) is 8.42 Å². The van der Waals surface area contributed by atoms with E-state index in [9.17, 15) is 13.2 Å². The van der Waals surface area contributed by atoms with Crippen molar-refractivity contribution in [2.45, 2.75) is 50.5 Å². The van der Waals surface area contributed by atoms with Crippen LogP contribution in [0.2, 0.25) is 0 Å². The molecule has 2 aromatic rings. The van der Waals surface area contributed by atoms with Gasteiger partial charge < -0.3 is 14.6 Å². The smallest absolute Gasteiger partial charge is 0.253 e. The van der Waals surface area contributed by atoms with Gasteiger partial charge in [-0.15, -0.1) is 0 Å². The largest absolute Gasteiger partial charge is 0.468 e. The van der Waals surface area contributed by atoms with Crippen LogP contribution in [0, 0.1) is 0 Å². The summed E-state index contributed by atoms with van der Waals surface area (Å²) in [7, 11) is -3.67. The summed E-state index contributed by atoms with van der Waals surface area (Å²) in [6, 6.07) is 8.75. The number of rotatable bonds is 10. The number of hydrogen-bond donors (Lipinski definition) is 1. The van der Waals surface area contributed by atoms with E-state index in [0.29, 0.717) is 25.2 Å². The summed E-state index contributed by atoms with van der Waals surface area (Å²) >= 11 is 0. The third kappa shape index (κ3) is 5.16. The predicted molar refractivity (Wildman–Crippen MR) is 133 cm³/mol. The second kappa shape index (κ2) is 10.9. The average molecular weight is 489 g/mol. The number of sulfonamides is 1. The van der Waals surface area contributed by atoms with Gasteiger partial charge in [0.15, 0.2) is 0 Å². The van der Waals surface area contributed by atoms with Crippen LogP contribution < -0.4 is 10.2 Å². The van der Waals surface area contributed by atoms with Gasteiger partial charge in [-0.3, -0.25) is 9.69 Å². The van der Waals surface area contributed by atoms with Crippen LogP contribution in [0.4, 0.5) is 5.69 Å². The first kappa shape index (κ1) is 24.8. The van der Waals surface area contributed by atoms with Gasteiger partial charge in [-0.1, -0.05) is 13.8 Å². The summed E-state index contributed by atoms with van der Waals surface area (Å²) in [4.78, 5) is 18.2. The minimum atomic E-state index is -3.67. The Morgan fingerprint density at radius 2 is 1.74 bits per heavy atom. The van der Waals surface area contributed by atoms with Crippen LogP contribution in [0.15, 0.2) is 45.9 Å². The lowest BCUT2D eigenvalue weighted by atomic mass is 10.1. The number of nitrogens with one attached hydrogen (secondary N) is 1. The Labute approximate surface area is 202 Å². The topological polar surface area (TPSA) is 86.1 Å². The molecule has 1 aromatic carbocycles. The summed E-state index contributed by atoms with van der Waals surface area (Å²) in [5.74, 6) is 0.578. The highest BCUT2D eigenvalue weighted by molar-refractivity contribution is 7.89. The molecule has 0 unspecified atom stereocenters. The SMILES string of the molecule is CCN(CC)S(=O)(=O)c1ccc(N2CCCC2)c(C(=O)NC[C@@H](c2ccco2)N2CCCC2)c1. The molecule has 0 saturated carbocycles. The Kier molecular flexibility index (Phi) is 7.95. The number of hydrogen-bond acceptors (Lipinski definition) is 6. The minimum absolute atomic E-state index is 0.0423. The highest BCUT2D eigenvalue weighted by Gasteiger charge is 2.29. The number of likely N-dealkylation sites (tertiary alicyclic amines) is 1. The first-order valence-corrected chi connectivity index (χ1v) is 13.8. The number of carbonyl (C=O) groups is 1. The molecule has 2 fully saturated rings. The minimum Gasteiger partial charge on any atom is -0.468 e. The zero-order chi connectivity index (χ0) is 24.1. The molecule has 2 aliphatic rings. The molecule has 9 heteroatoms. The standard InChI is InChI=1S/C25H36N4O4S/c1-3-29(4-2)34(31,32)20-11-12-22(27-13-5-6-14-27)21(18-20)25(30)26-19-23(24-10-9-17-33-24)28-15-7-8-16-28/h9-12,17-18,23H,3-8,13-16,19H2,1-2H3,(H,26,30)/t23-/m0/s1. The Balaban J connectivity index is 1.61. The van der Waals surface area contributed by atoms with Crippen molar-refractivity contribution < 1.29 is 17.6 Å². The molecule has 0 aliphatic carbocycles. The molecule has 4 rings (SSSR count). The van der Waals surface area contributed by atoms with E-state index >= 15 is 0 Å². The summed E-state index contributed by atoms with van der Waals surface area (Å²) < 4.78 is 33.4. The number of furan rings is 1. The molecule has 2 saturated heterocycles. The van der Waals surface area contributed by atoms with E-state index in [0.717, 1.165) is 63.3 Å². The molecular weight excluding hydrogens is 452 g/mol. The van der Waals surface area contributed by atoms with Crippen molar-refractivity contribution in [2.24, 2.45) is 0 Å². The van der Waals surface area contributed by atoms with Crippen LogP contribution >= 0.6 is 0 Å². The molecule has 3 heterocycles. The molecule has 1 aromatic heterocycles. The van der Waals surface area contributed by atoms with Crippen LogP contribution in [-0.2, 0) is 10.0 Å². The molecule has 2 aliphatic heterocycles. The van der Waals surface area contributed by atoms with Crippen LogP contribution in [0.3, 0.4) is 0 Å². The molecule has 186 valence electrons. The summed E-state index contributed by atoms with van der Waals surface area (Å²) in [5.41, 5.74) is 1.21. The predicted octanol–water partition coefficient (Wildman–Crippen LogP) is 3.48. The maximum absolute atomic E-state index is 13.5. The fraction of sp³-hybridized carbons (Fsp3) is 0.560. The van der Waals surface area contributed by atoms with E-state index in [1.807, 2.05) is 26.0 Å². The molecule has 1 amide bonds. The van der Waals surface area contributed by atoms with Crippen LogP contribution in [0.25, 0.3) is 0 Å². The molecule has 1 N–H and O–H groups in total. The highest BCUT2D eigenvalue weighted by Crippen LogP contribution is 2.29. The normalized spacial score (nSPS) is 18.0. The summed E-state index contributed by atoms with van der Waals surface area (Å²) in [5, 5.41) is 3.09. The van der Waals surface area contributed by atoms with Gasteiger partial charge in [-0.2, -0.15) is 4.31 Å². The second-order valence-corrected chi connectivity index (χ2v) is 10.9. The van der Waals surface area contributed by atoms with Crippen molar-refractivity contribution in [3.8, 4) is 0 Å². The van der Waals surface area contributed by atoms with Gasteiger partial charge in [0.1, 0.15) is 5.76 Å². The maximum Gasteiger partial charge on any atom is 0.253 e. The number of nitrogens with zero attached hydrogens (tertiary/aromatic N) is 3. The molecular formula is C25H36N4O4S. The zero-order valence-corrected chi connectivity index (χ0v) is 21.0. The van der Waals surface area contributed by atoms with Crippen molar-refractivity contribution in [3.05, 3.63) is 47.9 Å². The monoisotopic (exact) mass is 488 g/mol. The van der Waals surface area contributed by atoms with Crippen molar-refractivity contribution in [1.29, 1.82) is 0 Å². The first-order valence-electron chi connectivity index (χ1n) is 12.4. The van der Waals surface area contributed by atoms with E-state index in [1.165, 1.54) is 4.31 Å². The molecule has 0 radical (unpaired) electrons. The zero-order valence-electron chi connectivity index (χ0n) is 20.2. The lowest BCUT2D eigenvalue weighted by Gasteiger charge is -2.27. The third-order valence-electron chi connectivity index (χ3n) is 6.91. The highest BCUT2D eigenvalue weighted by atomic mass is 32.2. The molecule has 8 nitrogen and oxygen atoms in total. The lowest BCUT2D eigenvalue weighted by Crippen LogP contribution is -2.37. The number of carbonyl (C=O) groups excluding carboxylic acids is 1. The first-order chi connectivity index (χ1) is 16.5. The second-order valence-electron chi connectivity index (χ2n) is 8.95. The van der Waals surface area contributed by atoms with E-state index in [1.54, 1.807) is 24.5 Å². The maximum atomic E-state index is 13.5. The molecule has 1 atom stereocenters. The van der Waals surface area contributed by atoms with Crippen LogP contribution in [0.1, 0.15) is 61.7 Å². The number of benzene rings is 1. The van der Waals surface area contributed by atoms with E-state index < -0.39 is 10.0 Å². The lowest BCUT2D eigenvalue weighted by molar-refractivity contribution is 0.0934. The quantitative estimate of drug-likeness (QED) is 0.551. The van der Waals surface area contributed by atoms with Crippen molar-refractivity contribution >= 4 is 21.6 Å². The molecule has 34 heavy (non-hydrogen) atoms. The number of anilines is 1. The summed E-state index contributed by atoms with van der Waals surface area (Å²) in [6.07, 6.45) is 6.06. The Hall–Kier alpha value is -2.36. The van der Waals surface area contributed by atoms with Gasteiger partial charge in [0, 0.05) is 38.4 Å². The summed E-state index contributed by atoms with van der Waals surface area (Å²) in [6.45, 7) is 8.48. The Morgan fingerprint density at radius 1 is 1.06 bits per heavy atom. The van der Waals surface area contributed by atoms with Gasteiger partial charge in [-0.05, 0) is 69.1 Å². The van der Waals surface area contributed by atoms with E-state index in [2.05, 4.69) is 15.1 Å². The Morgan fingerprint density at radius 3 is 2.35 bits per heavy atom. The van der Waals surface area contributed by atoms with Gasteiger partial charge in [0.05, 0.1) is 22.8 Å². The van der Waals surface area contributed by atoms with Gasteiger partial charge in [0.2, 0.25) is 10.0 Å². The average Bonchev–Trinajstić information content (AvgIpc) is 3.63.